The van der Waals surface area contributed by atoms with Gasteiger partial charge in [-0.25, -0.2) is 0 Å². The van der Waals surface area contributed by atoms with Gasteiger partial charge in [-0.3, -0.25) is 4.98 Å². The summed E-state index contributed by atoms with van der Waals surface area (Å²) >= 11 is 0. The van der Waals surface area contributed by atoms with Crippen molar-refractivity contribution in [1.29, 1.82) is 0 Å². The monoisotopic (exact) mass is 191 g/mol. The molecule has 1 atom stereocenters. The van der Waals surface area contributed by atoms with Crippen LogP contribution in [0.2, 0.25) is 0 Å². The standard InChI is InChI=1S/C7H8F3N3/c8-7(9,10)6(12)4-1-5(11)3-13-2-4/h1-3,6H,11-12H2. The molecule has 0 aromatic carbocycles. The molecule has 0 saturated carbocycles. The summed E-state index contributed by atoms with van der Waals surface area (Å²) in [6.07, 6.45) is -2.16. The lowest BCUT2D eigenvalue weighted by atomic mass is 10.1. The van der Waals surface area contributed by atoms with Crippen LogP contribution in [0.4, 0.5) is 18.9 Å². The molecule has 0 saturated heterocycles. The summed E-state index contributed by atoms with van der Waals surface area (Å²) in [5, 5.41) is 0. The number of anilines is 1. The molecule has 0 bridgehead atoms. The van der Waals surface area contributed by atoms with E-state index in [0.717, 1.165) is 12.3 Å². The Bertz CT molecular complexity index is 297. The Labute approximate surface area is 72.6 Å². The first-order chi connectivity index (χ1) is 5.91. The molecule has 1 aromatic heterocycles. The number of hydrogen-bond acceptors (Lipinski definition) is 3. The van der Waals surface area contributed by atoms with Gasteiger partial charge in [-0.15, -0.1) is 0 Å². The third-order valence-corrected chi connectivity index (χ3v) is 1.49. The van der Waals surface area contributed by atoms with Crippen LogP contribution in [0.25, 0.3) is 0 Å². The van der Waals surface area contributed by atoms with Gasteiger partial charge >= 0.3 is 6.18 Å². The Morgan fingerprint density at radius 2 is 1.92 bits per heavy atom. The zero-order valence-electron chi connectivity index (χ0n) is 6.55. The molecule has 1 unspecified atom stereocenters. The molecular formula is C7H8F3N3. The predicted molar refractivity (Wildman–Crippen MR) is 41.6 cm³/mol. The van der Waals surface area contributed by atoms with Gasteiger partial charge in [-0.05, 0) is 11.6 Å². The molecule has 1 heterocycles. The number of nitrogens with two attached hydrogens (primary N) is 2. The van der Waals surface area contributed by atoms with E-state index < -0.39 is 12.2 Å². The van der Waals surface area contributed by atoms with Crippen molar-refractivity contribution in [3.63, 3.8) is 0 Å². The Hall–Kier alpha value is -1.30. The molecule has 0 aliphatic rings. The minimum absolute atomic E-state index is 0.132. The molecule has 0 spiro atoms. The Kier molecular flexibility index (Phi) is 2.42. The Morgan fingerprint density at radius 3 is 2.38 bits per heavy atom. The van der Waals surface area contributed by atoms with Crippen molar-refractivity contribution in [3.05, 3.63) is 24.0 Å². The van der Waals surface area contributed by atoms with E-state index in [1.165, 1.54) is 6.20 Å². The quantitative estimate of drug-likeness (QED) is 0.701. The van der Waals surface area contributed by atoms with Gasteiger partial charge in [-0.2, -0.15) is 13.2 Å². The molecular weight excluding hydrogens is 183 g/mol. The highest BCUT2D eigenvalue weighted by Gasteiger charge is 2.37. The van der Waals surface area contributed by atoms with Crippen molar-refractivity contribution in [1.82, 2.24) is 4.98 Å². The van der Waals surface area contributed by atoms with E-state index >= 15 is 0 Å². The molecule has 1 rings (SSSR count). The van der Waals surface area contributed by atoms with Gasteiger partial charge in [0.15, 0.2) is 0 Å². The lowest BCUT2D eigenvalue weighted by Crippen LogP contribution is -2.28. The van der Waals surface area contributed by atoms with Crippen molar-refractivity contribution in [2.75, 3.05) is 5.73 Å². The van der Waals surface area contributed by atoms with E-state index in [4.69, 9.17) is 11.5 Å². The number of pyridine rings is 1. The highest BCUT2D eigenvalue weighted by molar-refractivity contribution is 5.38. The third kappa shape index (κ3) is 2.32. The molecule has 0 aliphatic carbocycles. The number of hydrogen-bond donors (Lipinski definition) is 2. The Balaban J connectivity index is 2.96. The summed E-state index contributed by atoms with van der Waals surface area (Å²) in [5.74, 6) is 0. The number of nitrogen functional groups attached to an aromatic ring is 1. The largest absolute Gasteiger partial charge is 0.407 e. The molecule has 0 amide bonds. The summed E-state index contributed by atoms with van der Waals surface area (Å²) in [4.78, 5) is 3.51. The molecule has 0 aliphatic heterocycles. The van der Waals surface area contributed by atoms with Gasteiger partial charge in [0.2, 0.25) is 0 Å². The topological polar surface area (TPSA) is 64.9 Å². The third-order valence-electron chi connectivity index (χ3n) is 1.49. The first-order valence-corrected chi connectivity index (χ1v) is 3.44. The number of rotatable bonds is 1. The molecule has 1 aromatic rings. The van der Waals surface area contributed by atoms with Gasteiger partial charge < -0.3 is 11.5 Å². The van der Waals surface area contributed by atoms with Gasteiger partial charge in [-0.1, -0.05) is 0 Å². The molecule has 0 fully saturated rings. The van der Waals surface area contributed by atoms with Gasteiger partial charge in [0.05, 0.1) is 5.69 Å². The van der Waals surface area contributed by atoms with E-state index in [1.807, 2.05) is 0 Å². The Morgan fingerprint density at radius 1 is 1.31 bits per heavy atom. The van der Waals surface area contributed by atoms with Crippen molar-refractivity contribution in [3.8, 4) is 0 Å². The first kappa shape index (κ1) is 9.79. The van der Waals surface area contributed by atoms with Crippen LogP contribution in [0.15, 0.2) is 18.5 Å². The zero-order valence-corrected chi connectivity index (χ0v) is 6.55. The number of nitrogens with zero attached hydrogens (tertiary/aromatic N) is 1. The second kappa shape index (κ2) is 3.21. The van der Waals surface area contributed by atoms with E-state index in [2.05, 4.69) is 4.98 Å². The smallest absolute Gasteiger partial charge is 0.397 e. The molecule has 3 nitrogen and oxygen atoms in total. The van der Waals surface area contributed by atoms with Crippen LogP contribution in [-0.2, 0) is 0 Å². The lowest BCUT2D eigenvalue weighted by Gasteiger charge is -2.15. The molecule has 13 heavy (non-hydrogen) atoms. The molecule has 4 N–H and O–H groups in total. The fourth-order valence-electron chi connectivity index (χ4n) is 0.835. The minimum Gasteiger partial charge on any atom is -0.397 e. The second-order valence-corrected chi connectivity index (χ2v) is 2.57. The fourth-order valence-corrected chi connectivity index (χ4v) is 0.835. The summed E-state index contributed by atoms with van der Waals surface area (Å²) in [7, 11) is 0. The first-order valence-electron chi connectivity index (χ1n) is 3.44. The van der Waals surface area contributed by atoms with Crippen LogP contribution >= 0.6 is 0 Å². The second-order valence-electron chi connectivity index (χ2n) is 2.57. The van der Waals surface area contributed by atoms with Gasteiger partial charge in [0, 0.05) is 12.4 Å². The van der Waals surface area contributed by atoms with Crippen LogP contribution in [0, 0.1) is 0 Å². The van der Waals surface area contributed by atoms with Crippen LogP contribution < -0.4 is 11.5 Å². The van der Waals surface area contributed by atoms with Gasteiger partial charge in [0.25, 0.3) is 0 Å². The summed E-state index contributed by atoms with van der Waals surface area (Å²) in [6.45, 7) is 0. The maximum Gasteiger partial charge on any atom is 0.407 e. The molecule has 6 heteroatoms. The number of halogens is 3. The fraction of sp³-hybridized carbons (Fsp3) is 0.286. The van der Waals surface area contributed by atoms with Crippen molar-refractivity contribution >= 4 is 5.69 Å². The summed E-state index contributed by atoms with van der Waals surface area (Å²) in [5.41, 5.74) is 10.2. The predicted octanol–water partition coefficient (Wildman–Crippen LogP) is 1.23. The van der Waals surface area contributed by atoms with Crippen LogP contribution in [0.5, 0.6) is 0 Å². The van der Waals surface area contributed by atoms with Crippen molar-refractivity contribution in [2.24, 2.45) is 5.73 Å². The zero-order chi connectivity index (χ0) is 10.1. The number of alkyl halides is 3. The van der Waals surface area contributed by atoms with Gasteiger partial charge in [0.1, 0.15) is 6.04 Å². The van der Waals surface area contributed by atoms with Crippen LogP contribution in [0.3, 0.4) is 0 Å². The van der Waals surface area contributed by atoms with E-state index in [9.17, 15) is 13.2 Å². The highest BCUT2D eigenvalue weighted by Crippen LogP contribution is 2.30. The summed E-state index contributed by atoms with van der Waals surface area (Å²) in [6, 6.07) is -0.867. The highest BCUT2D eigenvalue weighted by atomic mass is 19.4. The lowest BCUT2D eigenvalue weighted by molar-refractivity contribution is -0.149. The van der Waals surface area contributed by atoms with E-state index in [-0.39, 0.29) is 11.3 Å². The molecule has 72 valence electrons. The average Bonchev–Trinajstić information content (AvgIpc) is 2.01. The number of aromatic nitrogens is 1. The SMILES string of the molecule is Nc1cncc(C(N)C(F)(F)F)c1. The molecule has 0 radical (unpaired) electrons. The average molecular weight is 191 g/mol. The van der Waals surface area contributed by atoms with Crippen LogP contribution in [0.1, 0.15) is 11.6 Å². The van der Waals surface area contributed by atoms with Crippen molar-refractivity contribution < 1.29 is 13.2 Å². The maximum atomic E-state index is 12.1. The minimum atomic E-state index is -4.46. The van der Waals surface area contributed by atoms with Crippen LogP contribution in [-0.4, -0.2) is 11.2 Å². The van der Waals surface area contributed by atoms with Crippen molar-refractivity contribution in [2.45, 2.75) is 12.2 Å². The van der Waals surface area contributed by atoms with E-state index in [1.54, 1.807) is 0 Å². The normalized spacial score (nSPS) is 14.2. The maximum absolute atomic E-state index is 12.1. The summed E-state index contributed by atoms with van der Waals surface area (Å²) < 4.78 is 36.2. The van der Waals surface area contributed by atoms with E-state index in [0.29, 0.717) is 0 Å².